The molecule has 0 saturated carbocycles. The second kappa shape index (κ2) is 5.16. The predicted molar refractivity (Wildman–Crippen MR) is 50.5 cm³/mol. The van der Waals surface area contributed by atoms with E-state index in [1.54, 1.807) is 0 Å². The first-order chi connectivity index (χ1) is 6.24. The molecule has 0 aromatic rings. The van der Waals surface area contributed by atoms with Crippen molar-refractivity contribution in [3.05, 3.63) is 0 Å². The van der Waals surface area contributed by atoms with Crippen molar-refractivity contribution < 1.29 is 23.1 Å². The zero-order chi connectivity index (χ0) is 11.4. The Morgan fingerprint density at radius 3 is 2.43 bits per heavy atom. The summed E-state index contributed by atoms with van der Waals surface area (Å²) in [7, 11) is -1.77. The summed E-state index contributed by atoms with van der Waals surface area (Å²) in [5.74, 6) is -0.216. The number of hydrogen-bond acceptors (Lipinski definition) is 5. The van der Waals surface area contributed by atoms with Crippen LogP contribution in [0.1, 0.15) is 6.92 Å². The molecule has 0 rings (SSSR count). The molecule has 0 aliphatic carbocycles. The van der Waals surface area contributed by atoms with Gasteiger partial charge in [0.1, 0.15) is 12.8 Å². The fourth-order valence-corrected chi connectivity index (χ4v) is 0.921. The summed E-state index contributed by atoms with van der Waals surface area (Å²) < 4.78 is 25.9. The molecule has 1 N–H and O–H groups in total. The molecule has 1 atom stereocenters. The van der Waals surface area contributed by atoms with Gasteiger partial charge in [-0.2, -0.15) is 0 Å². The molecule has 0 aliphatic heterocycles. The summed E-state index contributed by atoms with van der Waals surface area (Å²) in [4.78, 5) is 12.0. The number of rotatable bonds is 4. The van der Waals surface area contributed by atoms with Crippen molar-refractivity contribution in [2.45, 2.75) is 13.2 Å². The van der Waals surface area contributed by atoms with Crippen molar-refractivity contribution in [2.75, 3.05) is 25.7 Å². The van der Waals surface area contributed by atoms with E-state index < -0.39 is 22.2 Å². The van der Waals surface area contributed by atoms with Gasteiger partial charge in [-0.05, 0) is 6.92 Å². The van der Waals surface area contributed by atoms with E-state index in [0.717, 1.165) is 11.2 Å². The van der Waals surface area contributed by atoms with Gasteiger partial charge in [-0.1, -0.05) is 0 Å². The lowest BCUT2D eigenvalue weighted by Crippen LogP contribution is -2.35. The molecule has 1 amide bonds. The van der Waals surface area contributed by atoms with E-state index in [9.17, 15) is 13.2 Å². The summed E-state index contributed by atoms with van der Waals surface area (Å²) >= 11 is 0. The maximum absolute atomic E-state index is 11.0. The number of carbonyl (C=O) groups is 1. The number of ether oxygens (including phenoxy) is 1. The quantitative estimate of drug-likeness (QED) is 0.648. The van der Waals surface area contributed by atoms with Crippen molar-refractivity contribution in [1.82, 2.24) is 4.90 Å². The van der Waals surface area contributed by atoms with E-state index in [2.05, 4.69) is 4.74 Å². The van der Waals surface area contributed by atoms with Crippen LogP contribution in [0.5, 0.6) is 0 Å². The summed E-state index contributed by atoms with van der Waals surface area (Å²) in [6.45, 7) is 1.20. The second-order valence-electron chi connectivity index (χ2n) is 2.99. The predicted octanol–water partition coefficient (Wildman–Crippen LogP) is -0.562. The maximum Gasteiger partial charge on any atom is 0.411 e. The molecule has 0 bridgehead atoms. The number of sulfone groups is 1. The van der Waals surface area contributed by atoms with E-state index in [0.29, 0.717) is 0 Å². The normalized spacial score (nSPS) is 13.4. The van der Waals surface area contributed by atoms with Crippen LogP contribution in [0.3, 0.4) is 0 Å². The Kier molecular flexibility index (Phi) is 4.86. The van der Waals surface area contributed by atoms with Gasteiger partial charge in [0.15, 0.2) is 9.84 Å². The minimum Gasteiger partial charge on any atom is -0.448 e. The molecule has 0 saturated heterocycles. The highest BCUT2D eigenvalue weighted by Crippen LogP contribution is 1.95. The Morgan fingerprint density at radius 1 is 1.57 bits per heavy atom. The van der Waals surface area contributed by atoms with Gasteiger partial charge in [0.2, 0.25) is 0 Å². The first-order valence-corrected chi connectivity index (χ1v) is 6.05. The smallest absolute Gasteiger partial charge is 0.411 e. The largest absolute Gasteiger partial charge is 0.448 e. The van der Waals surface area contributed by atoms with Crippen LogP contribution in [-0.4, -0.2) is 56.4 Å². The SMILES string of the molecule is CC(O)N(C)C(=O)OCCS(C)(=O)=O. The molecular formula is C7H15NO5S. The number of hydrogen-bond donors (Lipinski definition) is 1. The van der Waals surface area contributed by atoms with Crippen LogP contribution in [0.25, 0.3) is 0 Å². The zero-order valence-electron chi connectivity index (χ0n) is 8.43. The van der Waals surface area contributed by atoms with Gasteiger partial charge in [-0.25, -0.2) is 13.2 Å². The van der Waals surface area contributed by atoms with Crippen molar-refractivity contribution in [1.29, 1.82) is 0 Å². The molecule has 0 aromatic carbocycles. The van der Waals surface area contributed by atoms with E-state index in [1.165, 1.54) is 14.0 Å². The van der Waals surface area contributed by atoms with Crippen LogP contribution in [0.4, 0.5) is 4.79 Å². The van der Waals surface area contributed by atoms with Crippen molar-refractivity contribution >= 4 is 15.9 Å². The first kappa shape index (κ1) is 13.2. The molecule has 14 heavy (non-hydrogen) atoms. The number of carbonyl (C=O) groups excluding carboxylic acids is 1. The zero-order valence-corrected chi connectivity index (χ0v) is 9.24. The number of aliphatic hydroxyl groups is 1. The van der Waals surface area contributed by atoms with Crippen LogP contribution in [-0.2, 0) is 14.6 Å². The average molecular weight is 225 g/mol. The van der Waals surface area contributed by atoms with Gasteiger partial charge in [-0.15, -0.1) is 0 Å². The van der Waals surface area contributed by atoms with Crippen molar-refractivity contribution in [2.24, 2.45) is 0 Å². The molecule has 0 heterocycles. The Labute approximate surface area is 83.4 Å². The molecular weight excluding hydrogens is 210 g/mol. The van der Waals surface area contributed by atoms with E-state index in [1.807, 2.05) is 0 Å². The van der Waals surface area contributed by atoms with Gasteiger partial charge in [-0.3, -0.25) is 4.90 Å². The lowest BCUT2D eigenvalue weighted by Gasteiger charge is -2.19. The third-order valence-corrected chi connectivity index (χ3v) is 2.44. The van der Waals surface area contributed by atoms with Crippen LogP contribution < -0.4 is 0 Å². The molecule has 7 heteroatoms. The minimum atomic E-state index is -3.12. The lowest BCUT2D eigenvalue weighted by atomic mass is 10.6. The number of amides is 1. The standard InChI is InChI=1S/C7H15NO5S/c1-6(9)8(2)7(10)13-4-5-14(3,11)12/h6,9H,4-5H2,1-3H3. The Balaban J connectivity index is 3.87. The number of aliphatic hydroxyl groups excluding tert-OH is 1. The third kappa shape index (κ3) is 5.76. The van der Waals surface area contributed by atoms with Crippen LogP contribution in [0.15, 0.2) is 0 Å². The van der Waals surface area contributed by atoms with E-state index in [4.69, 9.17) is 5.11 Å². The summed E-state index contributed by atoms with van der Waals surface area (Å²) in [5.41, 5.74) is 0. The molecule has 0 aliphatic rings. The van der Waals surface area contributed by atoms with E-state index >= 15 is 0 Å². The summed E-state index contributed by atoms with van der Waals surface area (Å²) in [6, 6.07) is 0. The maximum atomic E-state index is 11.0. The Bertz CT molecular complexity index is 284. The highest BCUT2D eigenvalue weighted by molar-refractivity contribution is 7.90. The summed E-state index contributed by atoms with van der Waals surface area (Å²) in [5, 5.41) is 8.96. The fraction of sp³-hybridized carbons (Fsp3) is 0.857. The van der Waals surface area contributed by atoms with Gasteiger partial charge >= 0.3 is 6.09 Å². The molecule has 0 spiro atoms. The fourth-order valence-electron chi connectivity index (χ4n) is 0.535. The van der Waals surface area contributed by atoms with Crippen LogP contribution in [0, 0.1) is 0 Å². The topological polar surface area (TPSA) is 83.9 Å². The Hall–Kier alpha value is -0.820. The minimum absolute atomic E-state index is 0.200. The van der Waals surface area contributed by atoms with Gasteiger partial charge in [0.05, 0.1) is 5.75 Å². The van der Waals surface area contributed by atoms with Gasteiger partial charge in [0, 0.05) is 13.3 Å². The second-order valence-corrected chi connectivity index (χ2v) is 5.25. The summed E-state index contributed by atoms with van der Waals surface area (Å²) in [6.07, 6.45) is -0.649. The average Bonchev–Trinajstić information content (AvgIpc) is 2.00. The van der Waals surface area contributed by atoms with E-state index in [-0.39, 0.29) is 12.4 Å². The Morgan fingerprint density at radius 2 is 2.07 bits per heavy atom. The van der Waals surface area contributed by atoms with Crippen LogP contribution in [0.2, 0.25) is 0 Å². The highest BCUT2D eigenvalue weighted by Gasteiger charge is 2.14. The monoisotopic (exact) mass is 225 g/mol. The molecule has 84 valence electrons. The van der Waals surface area contributed by atoms with Crippen molar-refractivity contribution in [3.63, 3.8) is 0 Å². The molecule has 0 fully saturated rings. The van der Waals surface area contributed by atoms with Crippen molar-refractivity contribution in [3.8, 4) is 0 Å². The van der Waals surface area contributed by atoms with Gasteiger partial charge < -0.3 is 9.84 Å². The first-order valence-electron chi connectivity index (χ1n) is 3.99. The highest BCUT2D eigenvalue weighted by atomic mass is 32.2. The molecule has 0 aromatic heterocycles. The van der Waals surface area contributed by atoms with Gasteiger partial charge in [0.25, 0.3) is 0 Å². The number of nitrogens with zero attached hydrogens (tertiary/aromatic N) is 1. The molecule has 1 unspecified atom stereocenters. The lowest BCUT2D eigenvalue weighted by molar-refractivity contribution is 0.0270. The molecule has 0 radical (unpaired) electrons. The third-order valence-electron chi connectivity index (χ3n) is 1.53. The molecule has 6 nitrogen and oxygen atoms in total. The van der Waals surface area contributed by atoms with Crippen LogP contribution >= 0.6 is 0 Å².